The Morgan fingerprint density at radius 3 is 2.60 bits per heavy atom. The standard InChI is InChI=1S/C7H7NO2/c8-6-3-1-2-5(4-6)7(9)10/h1-4H,8H2,(H,9,10)/p+1. The first-order valence-electron chi connectivity index (χ1n) is 2.81. The maximum Gasteiger partial charge on any atom is 0.549 e. The van der Waals surface area contributed by atoms with E-state index in [1.807, 2.05) is 0 Å². The number of anilines is 1. The van der Waals surface area contributed by atoms with Gasteiger partial charge in [0.2, 0.25) is 0 Å². The van der Waals surface area contributed by atoms with Crippen molar-refractivity contribution in [1.82, 2.24) is 0 Å². The highest BCUT2D eigenvalue weighted by molar-refractivity contribution is 5.88. The average molecular weight is 138 g/mol. The minimum absolute atomic E-state index is 0.333. The second kappa shape index (κ2) is 2.39. The smallest absolute Gasteiger partial charge is 0.549 e. The molecule has 1 rings (SSSR count). The normalized spacial score (nSPS) is 9.20. The zero-order valence-corrected chi connectivity index (χ0v) is 5.29. The van der Waals surface area contributed by atoms with Gasteiger partial charge in [-0.1, -0.05) is 6.07 Å². The van der Waals surface area contributed by atoms with E-state index >= 15 is 0 Å². The third-order valence-electron chi connectivity index (χ3n) is 1.15. The molecule has 1 aromatic rings. The van der Waals surface area contributed by atoms with Gasteiger partial charge in [0.1, 0.15) is 5.56 Å². The number of nitrogens with two attached hydrogens (primary N) is 1. The number of carbonyl (C=O) groups is 1. The van der Waals surface area contributed by atoms with E-state index in [-0.39, 0.29) is 0 Å². The summed E-state index contributed by atoms with van der Waals surface area (Å²) in [6.07, 6.45) is 0. The number of carbonyl (C=O) groups excluding carboxylic acids is 1. The van der Waals surface area contributed by atoms with Crippen LogP contribution in [0.2, 0.25) is 0 Å². The number of rotatable bonds is 1. The lowest BCUT2D eigenvalue weighted by atomic mass is 10.2. The van der Waals surface area contributed by atoms with Crippen molar-refractivity contribution in [2.75, 3.05) is 5.73 Å². The Bertz CT molecular complexity index is 258. The SMILES string of the molecule is Nc1cccc(C(=O)[OH2+])c1. The van der Waals surface area contributed by atoms with E-state index < -0.39 is 5.97 Å². The van der Waals surface area contributed by atoms with E-state index in [0.29, 0.717) is 11.3 Å². The van der Waals surface area contributed by atoms with Gasteiger partial charge in [-0.15, -0.1) is 0 Å². The Morgan fingerprint density at radius 2 is 2.20 bits per heavy atom. The van der Waals surface area contributed by atoms with Gasteiger partial charge < -0.3 is 10.8 Å². The minimum Gasteiger partial charge on any atom is -0.561 e. The lowest BCUT2D eigenvalue weighted by molar-refractivity contribution is 0.0697. The molecule has 10 heavy (non-hydrogen) atoms. The van der Waals surface area contributed by atoms with Crippen LogP contribution in [0.25, 0.3) is 0 Å². The van der Waals surface area contributed by atoms with Gasteiger partial charge >= 0.3 is 5.97 Å². The fourth-order valence-electron chi connectivity index (χ4n) is 0.680. The molecule has 0 spiro atoms. The van der Waals surface area contributed by atoms with Crippen LogP contribution in [0.3, 0.4) is 0 Å². The molecular formula is C7H8NO2+. The van der Waals surface area contributed by atoms with Crippen molar-refractivity contribution in [1.29, 1.82) is 0 Å². The Labute approximate surface area is 58.1 Å². The predicted molar refractivity (Wildman–Crippen MR) is 38.8 cm³/mol. The molecule has 52 valence electrons. The third kappa shape index (κ3) is 1.25. The van der Waals surface area contributed by atoms with Crippen LogP contribution in [0.5, 0.6) is 0 Å². The van der Waals surface area contributed by atoms with Gasteiger partial charge in [0.25, 0.3) is 0 Å². The van der Waals surface area contributed by atoms with Crippen LogP contribution in [0, 0.1) is 0 Å². The molecule has 4 N–H and O–H groups in total. The summed E-state index contributed by atoms with van der Waals surface area (Å²) in [6, 6.07) is 6.37. The highest BCUT2D eigenvalue weighted by Gasteiger charge is 2.08. The molecule has 0 heterocycles. The maximum absolute atomic E-state index is 10.4. The molecule has 3 nitrogen and oxygen atoms in total. The summed E-state index contributed by atoms with van der Waals surface area (Å²) in [4.78, 5) is 10.4. The summed E-state index contributed by atoms with van der Waals surface area (Å²) < 4.78 is 0. The molecular weight excluding hydrogens is 130 g/mol. The van der Waals surface area contributed by atoms with E-state index in [0.717, 1.165) is 0 Å². The highest BCUT2D eigenvalue weighted by atomic mass is 16.4. The van der Waals surface area contributed by atoms with Gasteiger partial charge in [-0.2, -0.15) is 0 Å². The number of nitrogen functional groups attached to an aromatic ring is 1. The molecule has 0 bridgehead atoms. The van der Waals surface area contributed by atoms with E-state index in [2.05, 4.69) is 0 Å². The van der Waals surface area contributed by atoms with Gasteiger partial charge in [0.15, 0.2) is 0 Å². The van der Waals surface area contributed by atoms with Crippen LogP contribution in [0.15, 0.2) is 24.3 Å². The number of hydrogen-bond acceptors (Lipinski definition) is 2. The molecule has 0 aliphatic carbocycles. The van der Waals surface area contributed by atoms with E-state index in [4.69, 9.17) is 10.8 Å². The Kier molecular flexibility index (Phi) is 1.58. The zero-order valence-electron chi connectivity index (χ0n) is 5.29. The van der Waals surface area contributed by atoms with Crippen molar-refractivity contribution in [2.45, 2.75) is 0 Å². The summed E-state index contributed by atoms with van der Waals surface area (Å²) in [5.41, 5.74) is 6.21. The molecule has 0 amide bonds. The molecule has 0 aliphatic rings. The first kappa shape index (κ1) is 6.61. The first-order valence-corrected chi connectivity index (χ1v) is 2.81. The zero-order chi connectivity index (χ0) is 7.56. The Balaban J connectivity index is 3.07. The van der Waals surface area contributed by atoms with Crippen LogP contribution >= 0.6 is 0 Å². The van der Waals surface area contributed by atoms with Crippen LogP contribution < -0.4 is 5.73 Å². The van der Waals surface area contributed by atoms with E-state index in [9.17, 15) is 4.79 Å². The fourth-order valence-corrected chi connectivity index (χ4v) is 0.680. The van der Waals surface area contributed by atoms with Crippen LogP contribution in [0.4, 0.5) is 5.69 Å². The maximum atomic E-state index is 10.4. The molecule has 3 heteroatoms. The van der Waals surface area contributed by atoms with Crippen molar-refractivity contribution in [3.8, 4) is 0 Å². The van der Waals surface area contributed by atoms with Crippen LogP contribution in [0.1, 0.15) is 10.4 Å². The predicted octanol–water partition coefficient (Wildman–Crippen LogP) is 0.134. The Morgan fingerprint density at radius 1 is 1.50 bits per heavy atom. The van der Waals surface area contributed by atoms with E-state index in [1.54, 1.807) is 18.2 Å². The highest BCUT2D eigenvalue weighted by Crippen LogP contribution is 2.05. The van der Waals surface area contributed by atoms with Crippen molar-refractivity contribution >= 4 is 11.7 Å². The molecule has 0 aliphatic heterocycles. The number of hydrogen-bond donors (Lipinski definition) is 1. The van der Waals surface area contributed by atoms with Crippen LogP contribution in [-0.2, 0) is 0 Å². The molecule has 0 fully saturated rings. The van der Waals surface area contributed by atoms with E-state index in [1.165, 1.54) is 6.07 Å². The van der Waals surface area contributed by atoms with Crippen molar-refractivity contribution in [3.05, 3.63) is 29.8 Å². The topological polar surface area (TPSA) is 66.0 Å². The average Bonchev–Trinajstić information content (AvgIpc) is 1.88. The molecule has 1 aromatic carbocycles. The molecule has 0 unspecified atom stereocenters. The quantitative estimate of drug-likeness (QED) is 0.443. The van der Waals surface area contributed by atoms with Gasteiger partial charge in [0.05, 0.1) is 0 Å². The first-order chi connectivity index (χ1) is 4.70. The monoisotopic (exact) mass is 138 g/mol. The fraction of sp³-hybridized carbons (Fsp3) is 0. The second-order valence-corrected chi connectivity index (χ2v) is 1.95. The van der Waals surface area contributed by atoms with Crippen molar-refractivity contribution in [3.63, 3.8) is 0 Å². The number of benzene rings is 1. The van der Waals surface area contributed by atoms with Gasteiger partial charge in [0, 0.05) is 10.5 Å². The van der Waals surface area contributed by atoms with Crippen LogP contribution in [-0.4, -0.2) is 11.1 Å². The summed E-state index contributed by atoms with van der Waals surface area (Å²) in [6.45, 7) is 0. The third-order valence-corrected chi connectivity index (χ3v) is 1.15. The largest absolute Gasteiger partial charge is 0.561 e. The van der Waals surface area contributed by atoms with Gasteiger partial charge in [-0.3, -0.25) is 0 Å². The van der Waals surface area contributed by atoms with Gasteiger partial charge in [-0.25, -0.2) is 0 Å². The molecule has 0 radical (unpaired) electrons. The molecule has 0 aromatic heterocycles. The lowest BCUT2D eigenvalue weighted by Gasteiger charge is -1.90. The van der Waals surface area contributed by atoms with Gasteiger partial charge in [-0.05, 0) is 18.2 Å². The van der Waals surface area contributed by atoms with Crippen molar-refractivity contribution < 1.29 is 9.90 Å². The summed E-state index contributed by atoms with van der Waals surface area (Å²) >= 11 is 0. The minimum atomic E-state index is -0.702. The van der Waals surface area contributed by atoms with Crippen molar-refractivity contribution in [2.24, 2.45) is 0 Å². The second-order valence-electron chi connectivity index (χ2n) is 1.95. The molecule has 0 atom stereocenters. The molecule has 0 saturated heterocycles. The lowest BCUT2D eigenvalue weighted by Crippen LogP contribution is -1.96. The summed E-state index contributed by atoms with van der Waals surface area (Å²) in [7, 11) is 0. The summed E-state index contributed by atoms with van der Waals surface area (Å²) in [5.74, 6) is -0.702. The molecule has 0 saturated carbocycles. The Hall–Kier alpha value is -1.51. The summed E-state index contributed by atoms with van der Waals surface area (Å²) in [5, 5.41) is 6.72.